The third kappa shape index (κ3) is 3.81. The van der Waals surface area contributed by atoms with Crippen molar-refractivity contribution in [2.45, 2.75) is 20.8 Å². The number of thiazole rings is 1. The van der Waals surface area contributed by atoms with Crippen LogP contribution in [0.1, 0.15) is 28.8 Å². The smallest absolute Gasteiger partial charge is 0.343 e. The zero-order valence-electron chi connectivity index (χ0n) is 17.0. The van der Waals surface area contributed by atoms with Crippen molar-refractivity contribution in [2.24, 2.45) is 0 Å². The Bertz CT molecular complexity index is 1230. The van der Waals surface area contributed by atoms with Crippen molar-refractivity contribution in [1.82, 2.24) is 24.7 Å². The Hall–Kier alpha value is -3.53. The van der Waals surface area contributed by atoms with Crippen molar-refractivity contribution in [3.8, 4) is 10.9 Å². The molecule has 1 aromatic carbocycles. The number of carbonyl (C=O) groups is 1. The molecule has 30 heavy (non-hydrogen) atoms. The van der Waals surface area contributed by atoms with Crippen molar-refractivity contribution in [1.29, 1.82) is 0 Å². The molecule has 0 fully saturated rings. The molecule has 0 amide bonds. The SMILES string of the molecule is CCOC(=O)c1cnc(C)nc1Nc1cc(C)nn1-c1nc2ccc(OC)cc2s1. The van der Waals surface area contributed by atoms with Gasteiger partial charge in [-0.05, 0) is 39.0 Å². The largest absolute Gasteiger partial charge is 0.497 e. The molecule has 0 atom stereocenters. The van der Waals surface area contributed by atoms with Crippen LogP contribution < -0.4 is 10.1 Å². The first-order chi connectivity index (χ1) is 14.5. The topological polar surface area (TPSA) is 104 Å². The van der Waals surface area contributed by atoms with Crippen molar-refractivity contribution in [3.05, 3.63) is 47.5 Å². The van der Waals surface area contributed by atoms with E-state index in [1.165, 1.54) is 17.5 Å². The van der Waals surface area contributed by atoms with Gasteiger partial charge in [0.1, 0.15) is 28.8 Å². The summed E-state index contributed by atoms with van der Waals surface area (Å²) in [6, 6.07) is 7.57. The lowest BCUT2D eigenvalue weighted by atomic mass is 10.3. The van der Waals surface area contributed by atoms with Crippen LogP contribution in [0.3, 0.4) is 0 Å². The van der Waals surface area contributed by atoms with Crippen molar-refractivity contribution in [3.63, 3.8) is 0 Å². The molecule has 0 saturated heterocycles. The maximum atomic E-state index is 12.3. The van der Waals surface area contributed by atoms with Crippen LogP contribution >= 0.6 is 11.3 Å². The number of esters is 1. The summed E-state index contributed by atoms with van der Waals surface area (Å²) in [6.07, 6.45) is 1.46. The second-order valence-electron chi connectivity index (χ2n) is 6.44. The minimum atomic E-state index is -0.491. The molecule has 0 saturated carbocycles. The van der Waals surface area contributed by atoms with E-state index in [0.717, 1.165) is 21.7 Å². The molecule has 0 spiro atoms. The summed E-state index contributed by atoms with van der Waals surface area (Å²) in [4.78, 5) is 25.5. The van der Waals surface area contributed by atoms with E-state index in [0.29, 0.717) is 22.6 Å². The van der Waals surface area contributed by atoms with Gasteiger partial charge in [0.25, 0.3) is 0 Å². The molecule has 154 valence electrons. The van der Waals surface area contributed by atoms with Crippen LogP contribution in [0, 0.1) is 13.8 Å². The van der Waals surface area contributed by atoms with E-state index >= 15 is 0 Å². The number of aryl methyl sites for hydroxylation is 2. The lowest BCUT2D eigenvalue weighted by Crippen LogP contribution is -2.12. The van der Waals surface area contributed by atoms with Gasteiger partial charge in [0.15, 0.2) is 0 Å². The second kappa shape index (κ2) is 8.07. The summed E-state index contributed by atoms with van der Waals surface area (Å²) >= 11 is 1.48. The molecular formula is C20H20N6O3S. The van der Waals surface area contributed by atoms with Gasteiger partial charge in [-0.1, -0.05) is 11.3 Å². The predicted octanol–water partition coefficient (Wildman–Crippen LogP) is 3.82. The number of aromatic nitrogens is 5. The fourth-order valence-electron chi connectivity index (χ4n) is 2.89. The Balaban J connectivity index is 1.75. The van der Waals surface area contributed by atoms with Crippen molar-refractivity contribution >= 4 is 39.2 Å². The monoisotopic (exact) mass is 424 g/mol. The fraction of sp³-hybridized carbons (Fsp3) is 0.250. The number of carbonyl (C=O) groups excluding carboxylic acids is 1. The van der Waals surface area contributed by atoms with Crippen LogP contribution in [0.15, 0.2) is 30.5 Å². The van der Waals surface area contributed by atoms with Crippen LogP contribution in [-0.4, -0.2) is 44.4 Å². The summed E-state index contributed by atoms with van der Waals surface area (Å²) in [5.41, 5.74) is 1.89. The Morgan fingerprint density at radius 2 is 2.07 bits per heavy atom. The Labute approximate surface area is 176 Å². The zero-order chi connectivity index (χ0) is 21.3. The highest BCUT2D eigenvalue weighted by Gasteiger charge is 2.19. The highest BCUT2D eigenvalue weighted by atomic mass is 32.1. The summed E-state index contributed by atoms with van der Waals surface area (Å²) in [7, 11) is 1.63. The maximum Gasteiger partial charge on any atom is 0.343 e. The molecule has 4 aromatic rings. The average molecular weight is 424 g/mol. The van der Waals surface area contributed by atoms with Crippen LogP contribution in [0.2, 0.25) is 0 Å². The number of benzene rings is 1. The van der Waals surface area contributed by atoms with E-state index < -0.39 is 5.97 Å². The third-order valence-electron chi connectivity index (χ3n) is 4.25. The van der Waals surface area contributed by atoms with Crippen LogP contribution in [0.25, 0.3) is 15.3 Å². The summed E-state index contributed by atoms with van der Waals surface area (Å²) in [5.74, 6) is 1.78. The average Bonchev–Trinajstić information content (AvgIpc) is 3.30. The van der Waals surface area contributed by atoms with Gasteiger partial charge < -0.3 is 14.8 Å². The van der Waals surface area contributed by atoms with Gasteiger partial charge in [-0.2, -0.15) is 9.78 Å². The molecule has 0 bridgehead atoms. The number of nitrogens with zero attached hydrogens (tertiary/aromatic N) is 5. The zero-order valence-corrected chi connectivity index (χ0v) is 17.8. The van der Waals surface area contributed by atoms with Crippen molar-refractivity contribution in [2.75, 3.05) is 19.0 Å². The van der Waals surface area contributed by atoms with Crippen LogP contribution in [0.5, 0.6) is 5.75 Å². The highest BCUT2D eigenvalue weighted by molar-refractivity contribution is 7.20. The number of ether oxygens (including phenoxy) is 2. The molecule has 9 nitrogen and oxygen atoms in total. The van der Waals surface area contributed by atoms with E-state index in [1.54, 1.807) is 25.6 Å². The maximum absolute atomic E-state index is 12.3. The Kier molecular flexibility index (Phi) is 5.32. The number of hydrogen-bond acceptors (Lipinski definition) is 9. The quantitative estimate of drug-likeness (QED) is 0.466. The van der Waals surface area contributed by atoms with Gasteiger partial charge in [-0.3, -0.25) is 0 Å². The standard InChI is InChI=1S/C20H20N6O3S/c1-5-29-19(27)14-10-21-12(3)22-18(14)24-17-8-11(2)25-26(17)20-23-15-7-6-13(28-4)9-16(15)30-20/h6-10H,5H2,1-4H3,(H,21,22,24). The van der Waals surface area contributed by atoms with E-state index in [1.807, 2.05) is 31.2 Å². The molecule has 4 rings (SSSR count). The molecule has 0 aliphatic rings. The second-order valence-corrected chi connectivity index (χ2v) is 7.45. The predicted molar refractivity (Wildman–Crippen MR) is 114 cm³/mol. The van der Waals surface area contributed by atoms with E-state index in [4.69, 9.17) is 9.47 Å². The molecule has 10 heteroatoms. The van der Waals surface area contributed by atoms with Gasteiger partial charge >= 0.3 is 5.97 Å². The lowest BCUT2D eigenvalue weighted by Gasteiger charge is -2.11. The highest BCUT2D eigenvalue weighted by Crippen LogP contribution is 2.31. The Morgan fingerprint density at radius 3 is 2.83 bits per heavy atom. The van der Waals surface area contributed by atoms with Gasteiger partial charge in [0.05, 0.1) is 29.6 Å². The normalized spacial score (nSPS) is 10.9. The van der Waals surface area contributed by atoms with Gasteiger partial charge in [0.2, 0.25) is 5.13 Å². The molecule has 1 N–H and O–H groups in total. The number of fused-ring (bicyclic) bond motifs is 1. The molecule has 0 aliphatic carbocycles. The van der Waals surface area contributed by atoms with Gasteiger partial charge in [-0.25, -0.2) is 19.7 Å². The molecule has 0 radical (unpaired) electrons. The third-order valence-corrected chi connectivity index (χ3v) is 5.24. The molecule has 0 aliphatic heterocycles. The van der Waals surface area contributed by atoms with Crippen LogP contribution in [-0.2, 0) is 4.74 Å². The minimum absolute atomic E-state index is 0.252. The van der Waals surface area contributed by atoms with Gasteiger partial charge in [-0.15, -0.1) is 0 Å². The van der Waals surface area contributed by atoms with E-state index in [9.17, 15) is 4.79 Å². The number of rotatable bonds is 6. The number of hydrogen-bond donors (Lipinski definition) is 1. The summed E-state index contributed by atoms with van der Waals surface area (Å²) in [5, 5.41) is 8.44. The van der Waals surface area contributed by atoms with E-state index in [2.05, 4.69) is 25.4 Å². The van der Waals surface area contributed by atoms with Gasteiger partial charge in [0, 0.05) is 12.3 Å². The summed E-state index contributed by atoms with van der Waals surface area (Å²) < 4.78 is 13.1. The molecule has 3 heterocycles. The van der Waals surface area contributed by atoms with Crippen LogP contribution in [0.4, 0.5) is 11.6 Å². The first-order valence-corrected chi connectivity index (χ1v) is 10.1. The Morgan fingerprint density at radius 1 is 1.23 bits per heavy atom. The van der Waals surface area contributed by atoms with E-state index in [-0.39, 0.29) is 12.2 Å². The molecule has 3 aromatic heterocycles. The molecular weight excluding hydrogens is 404 g/mol. The number of methoxy groups -OCH3 is 1. The lowest BCUT2D eigenvalue weighted by molar-refractivity contribution is 0.0526. The first kappa shape index (κ1) is 19.8. The fourth-order valence-corrected chi connectivity index (χ4v) is 3.85. The number of anilines is 2. The minimum Gasteiger partial charge on any atom is -0.497 e. The van der Waals surface area contributed by atoms with Crippen molar-refractivity contribution < 1.29 is 14.3 Å². The first-order valence-electron chi connectivity index (χ1n) is 9.28. The molecule has 0 unspecified atom stereocenters. The number of nitrogens with one attached hydrogen (secondary N) is 1. The summed E-state index contributed by atoms with van der Waals surface area (Å²) in [6.45, 7) is 5.65.